The zero-order valence-corrected chi connectivity index (χ0v) is 52.9. The van der Waals surface area contributed by atoms with Crippen LogP contribution in [-0.2, 0) is 33.2 Å². The van der Waals surface area contributed by atoms with Crippen LogP contribution < -0.4 is 5.32 Å². The molecule has 0 spiro atoms. The molecule has 3 heterocycles. The Morgan fingerprint density at radius 2 is 0.795 bits per heavy atom. The minimum absolute atomic E-state index is 0.188. The zero-order chi connectivity index (χ0) is 64.0. The van der Waals surface area contributed by atoms with Gasteiger partial charge in [0, 0.05) is 6.42 Å². The van der Waals surface area contributed by atoms with E-state index in [0.717, 1.165) is 83.5 Å². The van der Waals surface area contributed by atoms with E-state index >= 15 is 0 Å². The zero-order valence-electron chi connectivity index (χ0n) is 52.9. The molecule has 3 aliphatic heterocycles. The summed E-state index contributed by atoms with van der Waals surface area (Å²) in [6, 6.07) is -1.02. The van der Waals surface area contributed by atoms with Gasteiger partial charge in [0.2, 0.25) is 5.91 Å². The molecule has 0 aromatic rings. The van der Waals surface area contributed by atoms with Gasteiger partial charge in [-0.3, -0.25) is 4.79 Å². The molecule has 0 aliphatic carbocycles. The second-order valence-corrected chi connectivity index (χ2v) is 23.2. The van der Waals surface area contributed by atoms with E-state index in [0.29, 0.717) is 12.8 Å². The minimum atomic E-state index is -1.99. The van der Waals surface area contributed by atoms with Crippen LogP contribution in [0.3, 0.4) is 0 Å². The van der Waals surface area contributed by atoms with Crippen LogP contribution in [-0.4, -0.2) is 193 Å². The molecule has 19 nitrogen and oxygen atoms in total. The first-order valence-electron chi connectivity index (χ1n) is 33.1. The normalized spacial score (nSPS) is 29.1. The van der Waals surface area contributed by atoms with Crippen LogP contribution in [0.15, 0.2) is 109 Å². The van der Waals surface area contributed by atoms with Gasteiger partial charge in [0.15, 0.2) is 18.9 Å². The van der Waals surface area contributed by atoms with Crippen molar-refractivity contribution in [1.29, 1.82) is 0 Å². The Morgan fingerprint density at radius 1 is 0.420 bits per heavy atom. The number of ether oxygens (including phenoxy) is 6. The van der Waals surface area contributed by atoms with Crippen LogP contribution in [0.2, 0.25) is 0 Å². The van der Waals surface area contributed by atoms with Crippen molar-refractivity contribution in [3.63, 3.8) is 0 Å². The molecule has 0 radical (unpaired) electrons. The van der Waals surface area contributed by atoms with Gasteiger partial charge in [-0.1, -0.05) is 200 Å². The van der Waals surface area contributed by atoms with Crippen molar-refractivity contribution < 1.29 is 89.4 Å². The smallest absolute Gasteiger partial charge is 0.220 e. The van der Waals surface area contributed by atoms with Gasteiger partial charge in [0.1, 0.15) is 73.2 Å². The summed E-state index contributed by atoms with van der Waals surface area (Å²) in [5.41, 5.74) is 0. The number of unbranched alkanes of at least 4 members (excludes halogenated alkanes) is 16. The topological polar surface area (TPSA) is 307 Å². The van der Waals surface area contributed by atoms with E-state index < -0.39 is 124 Å². The molecule has 504 valence electrons. The first-order valence-corrected chi connectivity index (χ1v) is 33.1. The van der Waals surface area contributed by atoms with Crippen LogP contribution in [0, 0.1) is 0 Å². The highest BCUT2D eigenvalue weighted by molar-refractivity contribution is 5.76. The molecule has 3 fully saturated rings. The Morgan fingerprint density at radius 3 is 1.27 bits per heavy atom. The molecule has 3 rings (SSSR count). The van der Waals surface area contributed by atoms with Crippen molar-refractivity contribution in [2.75, 3.05) is 26.4 Å². The van der Waals surface area contributed by atoms with Crippen molar-refractivity contribution in [2.24, 2.45) is 0 Å². The van der Waals surface area contributed by atoms with E-state index in [4.69, 9.17) is 28.4 Å². The van der Waals surface area contributed by atoms with E-state index in [9.17, 15) is 61.0 Å². The summed E-state index contributed by atoms with van der Waals surface area (Å²) >= 11 is 0. The highest BCUT2D eigenvalue weighted by Gasteiger charge is 2.53. The Kier molecular flexibility index (Phi) is 44.8. The summed E-state index contributed by atoms with van der Waals surface area (Å²) < 4.78 is 34.3. The highest BCUT2D eigenvalue weighted by Crippen LogP contribution is 2.33. The average Bonchev–Trinajstić information content (AvgIpc) is 3.70. The van der Waals surface area contributed by atoms with Gasteiger partial charge in [-0.25, -0.2) is 0 Å². The lowest BCUT2D eigenvalue weighted by Crippen LogP contribution is -2.66. The number of carbonyl (C=O) groups excluding carboxylic acids is 1. The van der Waals surface area contributed by atoms with Gasteiger partial charge in [0.05, 0.1) is 38.6 Å². The summed E-state index contributed by atoms with van der Waals surface area (Å²) in [7, 11) is 0. The Balaban J connectivity index is 1.49. The van der Waals surface area contributed by atoms with Gasteiger partial charge >= 0.3 is 0 Å². The van der Waals surface area contributed by atoms with Crippen LogP contribution in [0.5, 0.6) is 0 Å². The first kappa shape index (κ1) is 78.7. The molecule has 17 unspecified atom stereocenters. The van der Waals surface area contributed by atoms with Gasteiger partial charge < -0.3 is 89.9 Å². The monoisotopic (exact) mass is 1250 g/mol. The molecule has 12 N–H and O–H groups in total. The molecule has 0 saturated carbocycles. The summed E-state index contributed by atoms with van der Waals surface area (Å²) in [4.78, 5) is 13.4. The predicted octanol–water partition coefficient (Wildman–Crippen LogP) is 7.88. The standard InChI is InChI=1S/C69H115NO18/c1-3-5-7-9-11-13-15-17-19-21-23-24-25-26-27-28-29-31-33-35-37-39-41-43-45-47-57(75)70-52(53(74)46-44-42-40-38-36-34-32-30-22-20-18-16-14-12-10-8-6-4-2)51-83-67-63(81)60(78)65(55(49-72)85-67)88-69-64(82)61(79)66(56(50-73)86-69)87-68-62(80)59(77)58(76)54(48-71)84-68/h5,7,11,13,17,19,23-24,26-27,29,31,35-38,44,46,52-56,58-69,71-74,76-82H,3-4,6,8-10,12,14-16,18,20-22,25,28,30,32-34,39-43,45,47-51H2,1-2H3,(H,70,75)/b7-5-,13-11-,19-17-,24-23-,27-26-,31-29-,37-35-,38-36+,46-44+. The number of carbonyl (C=O) groups is 1. The maximum atomic E-state index is 13.4. The third-order valence-electron chi connectivity index (χ3n) is 15.8. The van der Waals surface area contributed by atoms with Crippen LogP contribution in [0.1, 0.15) is 187 Å². The molecule has 0 aromatic heterocycles. The molecule has 0 bridgehead atoms. The van der Waals surface area contributed by atoms with E-state index in [1.54, 1.807) is 6.08 Å². The predicted molar refractivity (Wildman–Crippen MR) is 341 cm³/mol. The molecular formula is C69H115NO18. The second kappa shape index (κ2) is 50.1. The maximum absolute atomic E-state index is 13.4. The van der Waals surface area contributed by atoms with E-state index in [2.05, 4.69) is 116 Å². The lowest BCUT2D eigenvalue weighted by Gasteiger charge is -2.48. The first-order chi connectivity index (χ1) is 42.8. The fourth-order valence-electron chi connectivity index (χ4n) is 10.4. The van der Waals surface area contributed by atoms with Crippen molar-refractivity contribution in [3.8, 4) is 0 Å². The third-order valence-corrected chi connectivity index (χ3v) is 15.8. The van der Waals surface area contributed by atoms with E-state index in [1.807, 2.05) is 6.08 Å². The van der Waals surface area contributed by atoms with Gasteiger partial charge in [-0.15, -0.1) is 0 Å². The summed E-state index contributed by atoms with van der Waals surface area (Å²) in [5, 5.41) is 120. The molecule has 1 amide bonds. The number of nitrogens with one attached hydrogen (secondary N) is 1. The molecule has 17 atom stereocenters. The minimum Gasteiger partial charge on any atom is -0.394 e. The van der Waals surface area contributed by atoms with Crippen molar-refractivity contribution in [1.82, 2.24) is 5.32 Å². The van der Waals surface area contributed by atoms with Crippen LogP contribution in [0.4, 0.5) is 0 Å². The Labute approximate surface area is 525 Å². The van der Waals surface area contributed by atoms with Crippen LogP contribution in [0.25, 0.3) is 0 Å². The van der Waals surface area contributed by atoms with Crippen LogP contribution >= 0.6 is 0 Å². The number of allylic oxidation sites excluding steroid dienone is 17. The summed E-state index contributed by atoms with van der Waals surface area (Å²) in [6.45, 7) is 1.55. The third kappa shape index (κ3) is 32.1. The fraction of sp³-hybridized carbons (Fsp3) is 0.725. The Hall–Kier alpha value is -3.55. The SMILES string of the molecule is CC/C=C\C/C=C\C/C=C\C/C=C\C/C=C\C/C=C\C/C=C\CCCCCC(=O)NC(COC1OC(CO)C(OC2OC(CO)C(OC3OC(CO)C(O)C(O)C3O)C(O)C2O)C(O)C1O)C(O)/C=C/CC/C=C/CCCCCCCCCCCCCC. The number of aliphatic hydroxyl groups excluding tert-OH is 11. The molecule has 88 heavy (non-hydrogen) atoms. The number of rotatable bonds is 48. The lowest BCUT2D eigenvalue weighted by molar-refractivity contribution is -0.379. The highest BCUT2D eigenvalue weighted by atomic mass is 16.8. The number of aliphatic hydroxyl groups is 11. The van der Waals surface area contributed by atoms with Gasteiger partial charge in [-0.05, 0) is 89.9 Å². The van der Waals surface area contributed by atoms with E-state index in [1.165, 1.54) is 70.6 Å². The Bertz CT molecular complexity index is 2020. The molecule has 3 aliphatic rings. The van der Waals surface area contributed by atoms with E-state index in [-0.39, 0.29) is 18.9 Å². The molecular weight excluding hydrogens is 1130 g/mol. The number of hydrogen-bond acceptors (Lipinski definition) is 18. The summed E-state index contributed by atoms with van der Waals surface area (Å²) in [5.74, 6) is -0.322. The lowest BCUT2D eigenvalue weighted by atomic mass is 9.96. The van der Waals surface area contributed by atoms with Gasteiger partial charge in [0.25, 0.3) is 0 Å². The van der Waals surface area contributed by atoms with Crippen molar-refractivity contribution in [3.05, 3.63) is 109 Å². The quantitative estimate of drug-likeness (QED) is 0.0204. The largest absolute Gasteiger partial charge is 0.394 e. The second-order valence-electron chi connectivity index (χ2n) is 23.2. The number of amides is 1. The van der Waals surface area contributed by atoms with Gasteiger partial charge in [-0.2, -0.15) is 0 Å². The summed E-state index contributed by atoms with van der Waals surface area (Å²) in [6.07, 6.45) is 39.2. The molecule has 3 saturated heterocycles. The van der Waals surface area contributed by atoms with Crippen molar-refractivity contribution in [2.45, 2.75) is 291 Å². The van der Waals surface area contributed by atoms with Crippen molar-refractivity contribution >= 4 is 5.91 Å². The maximum Gasteiger partial charge on any atom is 0.220 e. The average molecular weight is 1250 g/mol. The fourth-order valence-corrected chi connectivity index (χ4v) is 10.4. The molecule has 0 aromatic carbocycles. The number of hydrogen-bond donors (Lipinski definition) is 12. The molecule has 19 heteroatoms.